The number of ether oxygens (including phenoxy) is 1. The van der Waals surface area contributed by atoms with Crippen LogP contribution in [0.3, 0.4) is 0 Å². The van der Waals surface area contributed by atoms with Crippen molar-refractivity contribution in [2.24, 2.45) is 0 Å². The lowest BCUT2D eigenvalue weighted by atomic mass is 9.95. The first-order valence-electron chi connectivity index (χ1n) is 11.4. The van der Waals surface area contributed by atoms with Crippen LogP contribution in [0.4, 0.5) is 4.39 Å². The molecule has 5 nitrogen and oxygen atoms in total. The molecule has 0 radical (unpaired) electrons. The highest BCUT2D eigenvalue weighted by molar-refractivity contribution is 6.46. The van der Waals surface area contributed by atoms with Crippen LogP contribution in [-0.2, 0) is 16.0 Å². The lowest BCUT2D eigenvalue weighted by Crippen LogP contribution is -2.31. The fourth-order valence-corrected chi connectivity index (χ4v) is 4.21. The number of Topliss-reactive ketones (excluding diaryl/α,β-unsaturated/α-hetero) is 1. The number of amides is 1. The van der Waals surface area contributed by atoms with Crippen LogP contribution in [0.5, 0.6) is 5.75 Å². The maximum Gasteiger partial charge on any atom is 0.295 e. The van der Waals surface area contributed by atoms with Crippen molar-refractivity contribution in [1.82, 2.24) is 4.90 Å². The number of carbonyl (C=O) groups is 2. The van der Waals surface area contributed by atoms with Gasteiger partial charge in [-0.2, -0.15) is 0 Å². The van der Waals surface area contributed by atoms with Gasteiger partial charge in [0.2, 0.25) is 0 Å². The largest absolute Gasteiger partial charge is 0.507 e. The topological polar surface area (TPSA) is 66.8 Å². The first-order valence-corrected chi connectivity index (χ1v) is 11.8. The van der Waals surface area contributed by atoms with Crippen molar-refractivity contribution in [3.05, 3.63) is 106 Å². The predicted molar refractivity (Wildman–Crippen MR) is 133 cm³/mol. The summed E-state index contributed by atoms with van der Waals surface area (Å²) < 4.78 is 19.2. The summed E-state index contributed by atoms with van der Waals surface area (Å²) >= 11 is 5.96. The number of likely N-dealkylation sites (tertiary alicyclic amines) is 1. The van der Waals surface area contributed by atoms with Crippen LogP contribution in [0.1, 0.15) is 36.1 Å². The molecule has 1 saturated heterocycles. The summed E-state index contributed by atoms with van der Waals surface area (Å²) in [4.78, 5) is 27.6. The number of hydrogen-bond donors (Lipinski definition) is 1. The van der Waals surface area contributed by atoms with Gasteiger partial charge >= 0.3 is 0 Å². The van der Waals surface area contributed by atoms with Crippen molar-refractivity contribution in [3.8, 4) is 5.75 Å². The van der Waals surface area contributed by atoms with Crippen molar-refractivity contribution < 1.29 is 23.8 Å². The molecule has 1 N–H and O–H groups in total. The number of hydrogen-bond acceptors (Lipinski definition) is 4. The van der Waals surface area contributed by atoms with E-state index in [1.165, 1.54) is 29.2 Å². The number of benzene rings is 3. The second kappa shape index (κ2) is 10.7. The normalized spacial score (nSPS) is 17.1. The van der Waals surface area contributed by atoms with Gasteiger partial charge in [-0.3, -0.25) is 9.59 Å². The van der Waals surface area contributed by atoms with Crippen LogP contribution in [0.2, 0.25) is 5.02 Å². The molecule has 1 unspecified atom stereocenters. The van der Waals surface area contributed by atoms with Gasteiger partial charge in [0, 0.05) is 17.1 Å². The fraction of sp³-hybridized carbons (Fsp3) is 0.214. The quantitative estimate of drug-likeness (QED) is 0.240. The highest BCUT2D eigenvalue weighted by atomic mass is 35.5. The number of aliphatic hydroxyl groups excluding tert-OH is 1. The zero-order valence-corrected chi connectivity index (χ0v) is 20.0. The Bertz CT molecular complexity index is 1240. The number of carbonyl (C=O) groups excluding carboxylic acids is 2. The van der Waals surface area contributed by atoms with Gasteiger partial charge in [-0.05, 0) is 72.5 Å². The second-order valence-electron chi connectivity index (χ2n) is 8.29. The van der Waals surface area contributed by atoms with E-state index in [0.717, 1.165) is 12.0 Å². The first kappa shape index (κ1) is 24.5. The van der Waals surface area contributed by atoms with Crippen LogP contribution in [0, 0.1) is 5.82 Å². The Hall–Kier alpha value is -3.64. The maximum atomic E-state index is 13.6. The van der Waals surface area contributed by atoms with Crippen molar-refractivity contribution in [2.75, 3.05) is 13.2 Å². The van der Waals surface area contributed by atoms with E-state index in [-0.39, 0.29) is 17.9 Å². The molecule has 0 saturated carbocycles. The van der Waals surface area contributed by atoms with E-state index in [0.29, 0.717) is 34.9 Å². The average molecular weight is 494 g/mol. The molecule has 1 heterocycles. The van der Waals surface area contributed by atoms with Gasteiger partial charge in [0.05, 0.1) is 18.2 Å². The summed E-state index contributed by atoms with van der Waals surface area (Å²) in [5.41, 5.74) is 1.83. The molecular weight excluding hydrogens is 469 g/mol. The van der Waals surface area contributed by atoms with E-state index >= 15 is 0 Å². The zero-order chi connectivity index (χ0) is 24.9. The number of nitrogens with zero attached hydrogens (tertiary/aromatic N) is 1. The first-order chi connectivity index (χ1) is 16.9. The van der Waals surface area contributed by atoms with Gasteiger partial charge in [-0.15, -0.1) is 0 Å². The molecule has 1 amide bonds. The molecule has 7 heteroatoms. The van der Waals surface area contributed by atoms with Crippen LogP contribution < -0.4 is 4.74 Å². The molecule has 0 bridgehead atoms. The minimum Gasteiger partial charge on any atom is -0.507 e. The second-order valence-corrected chi connectivity index (χ2v) is 8.73. The molecule has 0 spiro atoms. The van der Waals surface area contributed by atoms with E-state index in [4.69, 9.17) is 16.3 Å². The molecule has 1 fully saturated rings. The van der Waals surface area contributed by atoms with Gasteiger partial charge in [-0.25, -0.2) is 4.39 Å². The summed E-state index contributed by atoms with van der Waals surface area (Å²) in [7, 11) is 0. The molecule has 1 aliphatic rings. The monoisotopic (exact) mass is 493 g/mol. The van der Waals surface area contributed by atoms with Crippen LogP contribution in [-0.4, -0.2) is 34.8 Å². The van der Waals surface area contributed by atoms with Gasteiger partial charge in [0.25, 0.3) is 11.7 Å². The van der Waals surface area contributed by atoms with Crippen molar-refractivity contribution in [2.45, 2.75) is 25.8 Å². The van der Waals surface area contributed by atoms with E-state index in [1.807, 2.05) is 19.1 Å². The Labute approximate surface area is 208 Å². The van der Waals surface area contributed by atoms with Crippen LogP contribution >= 0.6 is 11.6 Å². The molecule has 0 aliphatic carbocycles. The molecular formula is C28H25ClFNO4. The molecule has 180 valence electrons. The highest BCUT2D eigenvalue weighted by Gasteiger charge is 2.45. The summed E-state index contributed by atoms with van der Waals surface area (Å²) in [5.74, 6) is -1.57. The summed E-state index contributed by atoms with van der Waals surface area (Å²) in [6.45, 7) is 2.80. The Morgan fingerprint density at radius 3 is 2.29 bits per heavy atom. The number of aliphatic hydroxyl groups is 1. The third-order valence-electron chi connectivity index (χ3n) is 5.88. The third kappa shape index (κ3) is 5.38. The van der Waals surface area contributed by atoms with Crippen molar-refractivity contribution in [3.63, 3.8) is 0 Å². The zero-order valence-electron chi connectivity index (χ0n) is 19.2. The molecule has 35 heavy (non-hydrogen) atoms. The number of rotatable bonds is 8. The van der Waals surface area contributed by atoms with E-state index in [2.05, 4.69) is 0 Å². The highest BCUT2D eigenvalue weighted by Crippen LogP contribution is 2.39. The number of ketones is 1. The van der Waals surface area contributed by atoms with E-state index in [1.54, 1.807) is 36.4 Å². The molecule has 1 atom stereocenters. The Balaban J connectivity index is 1.71. The SMILES string of the molecule is CCCOc1ccc(/C(O)=C2/C(=O)C(=O)N(CCc3ccc(Cl)cc3)C2c2ccc(F)cc2)cc1. The molecule has 3 aromatic rings. The Morgan fingerprint density at radius 2 is 1.66 bits per heavy atom. The molecule has 0 aromatic heterocycles. The summed E-state index contributed by atoms with van der Waals surface area (Å²) in [5, 5.41) is 11.7. The number of halogens is 2. The van der Waals surface area contributed by atoms with Crippen LogP contribution in [0.25, 0.3) is 5.76 Å². The van der Waals surface area contributed by atoms with E-state index < -0.39 is 23.5 Å². The summed E-state index contributed by atoms with van der Waals surface area (Å²) in [6.07, 6.45) is 1.34. The lowest BCUT2D eigenvalue weighted by Gasteiger charge is -2.25. The van der Waals surface area contributed by atoms with Gasteiger partial charge in [0.1, 0.15) is 17.3 Å². The van der Waals surface area contributed by atoms with Gasteiger partial charge in [0.15, 0.2) is 0 Å². The fourth-order valence-electron chi connectivity index (χ4n) is 4.09. The smallest absolute Gasteiger partial charge is 0.295 e. The van der Waals surface area contributed by atoms with Gasteiger partial charge < -0.3 is 14.7 Å². The Morgan fingerprint density at radius 1 is 1.00 bits per heavy atom. The van der Waals surface area contributed by atoms with E-state index in [9.17, 15) is 19.1 Å². The van der Waals surface area contributed by atoms with Crippen LogP contribution in [0.15, 0.2) is 78.4 Å². The standard InChI is InChI=1S/C28H25ClFNO4/c1-2-17-35-23-13-7-20(8-14-23)26(32)24-25(19-5-11-22(30)12-6-19)31(28(34)27(24)33)16-15-18-3-9-21(29)10-4-18/h3-14,25,32H,2,15-17H2,1H3/b26-24-. The molecule has 1 aliphatic heterocycles. The maximum absolute atomic E-state index is 13.6. The Kier molecular flexibility index (Phi) is 7.51. The lowest BCUT2D eigenvalue weighted by molar-refractivity contribution is -0.139. The van der Waals surface area contributed by atoms with Crippen molar-refractivity contribution >= 4 is 29.1 Å². The van der Waals surface area contributed by atoms with Crippen molar-refractivity contribution in [1.29, 1.82) is 0 Å². The molecule has 4 rings (SSSR count). The summed E-state index contributed by atoms with van der Waals surface area (Å²) in [6, 6.07) is 18.7. The predicted octanol–water partition coefficient (Wildman–Crippen LogP) is 5.93. The van der Waals surface area contributed by atoms with Gasteiger partial charge in [-0.1, -0.05) is 42.8 Å². The minimum absolute atomic E-state index is 0.0278. The molecule has 3 aromatic carbocycles. The third-order valence-corrected chi connectivity index (χ3v) is 6.13. The average Bonchev–Trinajstić information content (AvgIpc) is 3.12. The minimum atomic E-state index is -0.848.